The molecule has 1 aliphatic carbocycles. The minimum Gasteiger partial charge on any atom is -0.355 e. The first-order chi connectivity index (χ1) is 19.4. The molecule has 1 atom stereocenters. The van der Waals surface area contributed by atoms with Crippen molar-refractivity contribution in [2.75, 3.05) is 12.4 Å². The van der Waals surface area contributed by atoms with E-state index < -0.39 is 29.2 Å². The Kier molecular flexibility index (Phi) is 7.31. The van der Waals surface area contributed by atoms with E-state index in [-0.39, 0.29) is 40.4 Å². The van der Waals surface area contributed by atoms with E-state index >= 15 is 0 Å². The van der Waals surface area contributed by atoms with Crippen molar-refractivity contribution in [3.8, 4) is 5.69 Å². The molecule has 2 heterocycles. The molecule has 41 heavy (non-hydrogen) atoms. The van der Waals surface area contributed by atoms with Crippen LogP contribution in [0.1, 0.15) is 57.3 Å². The van der Waals surface area contributed by atoms with Gasteiger partial charge in [-0.15, -0.1) is 6.58 Å². The van der Waals surface area contributed by atoms with Gasteiger partial charge in [-0.05, 0) is 68.7 Å². The number of carbonyl (C=O) groups is 2. The summed E-state index contributed by atoms with van der Waals surface area (Å²) in [6.07, 6.45) is -1.11. The van der Waals surface area contributed by atoms with Crippen molar-refractivity contribution in [2.24, 2.45) is 0 Å². The number of hydrogen-bond donors (Lipinski definition) is 2. The summed E-state index contributed by atoms with van der Waals surface area (Å²) in [5, 5.41) is 5.88. The van der Waals surface area contributed by atoms with E-state index in [1.165, 1.54) is 28.6 Å². The fourth-order valence-corrected chi connectivity index (χ4v) is 5.41. The summed E-state index contributed by atoms with van der Waals surface area (Å²) >= 11 is 2.91. The van der Waals surface area contributed by atoms with E-state index in [4.69, 9.17) is 4.98 Å². The summed E-state index contributed by atoms with van der Waals surface area (Å²) in [5.74, 6) is -0.596. The van der Waals surface area contributed by atoms with E-state index in [1.54, 1.807) is 37.3 Å². The summed E-state index contributed by atoms with van der Waals surface area (Å²) in [4.78, 5) is 45.6. The lowest BCUT2D eigenvalue weighted by Crippen LogP contribution is -2.46. The first-order valence-corrected chi connectivity index (χ1v) is 13.7. The molecule has 2 N–H and O–H groups in total. The molecular weight excluding hydrogens is 603 g/mol. The largest absolute Gasteiger partial charge is 0.417 e. The zero-order valence-corrected chi connectivity index (χ0v) is 23.9. The molecule has 1 unspecified atom stereocenters. The van der Waals surface area contributed by atoms with Crippen molar-refractivity contribution in [1.82, 2.24) is 19.8 Å². The van der Waals surface area contributed by atoms with Gasteiger partial charge in [0.2, 0.25) is 5.95 Å². The van der Waals surface area contributed by atoms with Crippen molar-refractivity contribution in [3.63, 3.8) is 0 Å². The van der Waals surface area contributed by atoms with Gasteiger partial charge in [0.15, 0.2) is 0 Å². The summed E-state index contributed by atoms with van der Waals surface area (Å²) in [7, 11) is 1.53. The number of nitrogens with one attached hydrogen (secondary N) is 2. The van der Waals surface area contributed by atoms with Crippen LogP contribution in [0.4, 0.5) is 19.1 Å². The van der Waals surface area contributed by atoms with Crippen LogP contribution in [0.3, 0.4) is 0 Å². The van der Waals surface area contributed by atoms with Crippen LogP contribution in [0, 0.1) is 0 Å². The predicted molar refractivity (Wildman–Crippen MR) is 151 cm³/mol. The number of benzene rings is 2. The van der Waals surface area contributed by atoms with Gasteiger partial charge in [0, 0.05) is 34.3 Å². The number of nitrogens with zero attached hydrogens (tertiary/aromatic N) is 3. The Bertz CT molecular complexity index is 1610. The average Bonchev–Trinajstić information content (AvgIpc) is 3.72. The van der Waals surface area contributed by atoms with Crippen LogP contribution < -0.4 is 16.2 Å². The Morgan fingerprint density at radius 2 is 1.80 bits per heavy atom. The average molecular weight is 630 g/mol. The molecule has 1 fully saturated rings. The third-order valence-electron chi connectivity index (χ3n) is 7.55. The Morgan fingerprint density at radius 1 is 1.15 bits per heavy atom. The Hall–Kier alpha value is -3.93. The second-order valence-electron chi connectivity index (χ2n) is 10.3. The number of carbonyl (C=O) groups excluding carboxylic acids is 2. The van der Waals surface area contributed by atoms with E-state index in [0.29, 0.717) is 22.5 Å². The number of amides is 2. The van der Waals surface area contributed by atoms with Crippen LogP contribution in [0.25, 0.3) is 5.69 Å². The lowest BCUT2D eigenvalue weighted by Gasteiger charge is -2.35. The van der Waals surface area contributed by atoms with Crippen molar-refractivity contribution in [2.45, 2.75) is 50.5 Å². The quantitative estimate of drug-likeness (QED) is 0.370. The SMILES string of the molecule is C=CC1(Nc2nc3c(c(=O)n2-c2ccc(C(=O)NC)cc2)CC(C)N(C(=O)c2ccc(Br)c(C(F)(F)F)c2)C3)CC1. The van der Waals surface area contributed by atoms with E-state index in [1.807, 2.05) is 0 Å². The van der Waals surface area contributed by atoms with E-state index in [2.05, 4.69) is 33.1 Å². The van der Waals surface area contributed by atoms with Crippen molar-refractivity contribution in [1.29, 1.82) is 0 Å². The summed E-state index contributed by atoms with van der Waals surface area (Å²) in [5.41, 5.74) is -0.0926. The lowest BCUT2D eigenvalue weighted by molar-refractivity contribution is -0.138. The molecule has 5 rings (SSSR count). The van der Waals surface area contributed by atoms with Crippen molar-refractivity contribution in [3.05, 3.63) is 97.9 Å². The van der Waals surface area contributed by atoms with E-state index in [0.717, 1.165) is 18.9 Å². The third kappa shape index (κ3) is 5.40. The lowest BCUT2D eigenvalue weighted by atomic mass is 9.98. The molecule has 8 nitrogen and oxygen atoms in total. The van der Waals surface area contributed by atoms with Gasteiger partial charge in [-0.1, -0.05) is 22.0 Å². The molecule has 0 bridgehead atoms. The maximum absolute atomic E-state index is 13.9. The molecule has 1 saturated carbocycles. The third-order valence-corrected chi connectivity index (χ3v) is 8.24. The second kappa shape index (κ2) is 10.5. The van der Waals surface area contributed by atoms with Gasteiger partial charge < -0.3 is 15.5 Å². The number of aromatic nitrogens is 2. The highest BCUT2D eigenvalue weighted by Gasteiger charge is 2.41. The van der Waals surface area contributed by atoms with Crippen LogP contribution in [-0.2, 0) is 19.1 Å². The maximum atomic E-state index is 13.9. The minimum atomic E-state index is -4.63. The summed E-state index contributed by atoms with van der Waals surface area (Å²) in [6, 6.07) is 9.44. The van der Waals surface area contributed by atoms with Gasteiger partial charge in [-0.3, -0.25) is 14.4 Å². The molecule has 3 aromatic rings. The maximum Gasteiger partial charge on any atom is 0.417 e. The number of halogens is 4. The molecule has 0 spiro atoms. The zero-order chi connectivity index (χ0) is 29.7. The van der Waals surface area contributed by atoms with Crippen LogP contribution in [0.2, 0.25) is 0 Å². The first kappa shape index (κ1) is 28.6. The van der Waals surface area contributed by atoms with Gasteiger partial charge in [-0.2, -0.15) is 13.2 Å². The molecule has 2 amide bonds. The fraction of sp³-hybridized carbons (Fsp3) is 0.310. The zero-order valence-electron chi connectivity index (χ0n) is 22.3. The molecule has 0 radical (unpaired) electrons. The number of fused-ring (bicyclic) bond motifs is 1. The Balaban J connectivity index is 1.55. The van der Waals surface area contributed by atoms with Crippen LogP contribution >= 0.6 is 15.9 Å². The topological polar surface area (TPSA) is 96.3 Å². The minimum absolute atomic E-state index is 0.0474. The van der Waals surface area contributed by atoms with Crippen LogP contribution in [-0.4, -0.2) is 44.9 Å². The Morgan fingerprint density at radius 3 is 2.39 bits per heavy atom. The summed E-state index contributed by atoms with van der Waals surface area (Å²) in [6.45, 7) is 5.59. The standard InChI is InChI=1S/C29H27BrF3N5O3/c1-4-28(11-12-28)36-27-35-23-15-37(25(40)18-7-10-22(30)21(14-18)29(31,32)33)16(2)13-20(23)26(41)38(27)19-8-5-17(6-9-19)24(39)34-3/h4-10,14,16H,1,11-13,15H2,2-3H3,(H,34,39)(H,35,36). The number of alkyl halides is 3. The molecule has 0 saturated heterocycles. The molecule has 214 valence electrons. The monoisotopic (exact) mass is 629 g/mol. The van der Waals surface area contributed by atoms with Gasteiger partial charge in [0.1, 0.15) is 0 Å². The first-order valence-electron chi connectivity index (χ1n) is 12.9. The number of anilines is 1. The molecule has 1 aliphatic heterocycles. The number of hydrogen-bond acceptors (Lipinski definition) is 5. The molecular formula is C29H27BrF3N5O3. The van der Waals surface area contributed by atoms with Crippen LogP contribution in [0.5, 0.6) is 0 Å². The van der Waals surface area contributed by atoms with Crippen molar-refractivity contribution >= 4 is 33.7 Å². The molecule has 2 aromatic carbocycles. The Labute approximate surface area is 242 Å². The summed E-state index contributed by atoms with van der Waals surface area (Å²) < 4.78 is 41.8. The van der Waals surface area contributed by atoms with Gasteiger partial charge in [-0.25, -0.2) is 9.55 Å². The van der Waals surface area contributed by atoms with E-state index in [9.17, 15) is 27.6 Å². The second-order valence-corrected chi connectivity index (χ2v) is 11.1. The smallest absolute Gasteiger partial charge is 0.355 e. The van der Waals surface area contributed by atoms with Gasteiger partial charge in [0.25, 0.3) is 17.4 Å². The predicted octanol–water partition coefficient (Wildman–Crippen LogP) is 5.09. The van der Waals surface area contributed by atoms with Gasteiger partial charge in [0.05, 0.1) is 29.0 Å². The highest BCUT2D eigenvalue weighted by Crippen LogP contribution is 2.40. The van der Waals surface area contributed by atoms with Gasteiger partial charge >= 0.3 is 6.18 Å². The normalized spacial score (nSPS) is 17.4. The van der Waals surface area contributed by atoms with Crippen molar-refractivity contribution < 1.29 is 22.8 Å². The molecule has 1 aromatic heterocycles. The fourth-order valence-electron chi connectivity index (χ4n) is 4.94. The highest BCUT2D eigenvalue weighted by molar-refractivity contribution is 9.10. The number of rotatable bonds is 6. The van der Waals surface area contributed by atoms with Crippen LogP contribution in [0.15, 0.2) is 64.4 Å². The molecule has 2 aliphatic rings. The highest BCUT2D eigenvalue weighted by atomic mass is 79.9. The molecule has 12 heteroatoms.